The maximum absolute atomic E-state index is 5.40. The smallest absolute Gasteiger partial charge is 0.123 e. The molecule has 0 N–H and O–H groups in total. The number of hydrogen-bond donors (Lipinski definition) is 0. The normalized spacial score (nSPS) is 18.9. The van der Waals surface area contributed by atoms with Gasteiger partial charge in [-0.1, -0.05) is 18.2 Å². The van der Waals surface area contributed by atoms with E-state index in [0.29, 0.717) is 0 Å². The lowest BCUT2D eigenvalue weighted by molar-refractivity contribution is 0.265. The zero-order valence-corrected chi connectivity index (χ0v) is 10.9. The van der Waals surface area contributed by atoms with Crippen LogP contribution in [-0.4, -0.2) is 50.1 Å². The number of benzene rings is 1. The number of likely N-dealkylation sites (N-methyl/N-ethyl adjacent to an activating group) is 1. The molecule has 1 saturated heterocycles. The van der Waals surface area contributed by atoms with E-state index >= 15 is 0 Å². The second-order valence-electron chi connectivity index (χ2n) is 4.74. The van der Waals surface area contributed by atoms with Crippen LogP contribution in [0, 0.1) is 0 Å². The molecule has 0 amide bonds. The van der Waals surface area contributed by atoms with Gasteiger partial charge < -0.3 is 9.64 Å². The molecule has 1 aromatic rings. The van der Waals surface area contributed by atoms with E-state index in [-0.39, 0.29) is 0 Å². The largest absolute Gasteiger partial charge is 0.496 e. The molecule has 3 nitrogen and oxygen atoms in total. The number of nitrogens with zero attached hydrogens (tertiary/aromatic N) is 2. The first-order valence-corrected chi connectivity index (χ1v) is 6.32. The Morgan fingerprint density at radius 2 is 1.94 bits per heavy atom. The molecule has 3 heteroatoms. The van der Waals surface area contributed by atoms with Gasteiger partial charge >= 0.3 is 0 Å². The first-order chi connectivity index (χ1) is 8.29. The predicted octanol–water partition coefficient (Wildman–Crippen LogP) is 1.83. The third-order valence-electron chi connectivity index (χ3n) is 3.40. The van der Waals surface area contributed by atoms with E-state index in [9.17, 15) is 0 Å². The molecule has 0 radical (unpaired) electrons. The lowest BCUT2D eigenvalue weighted by Gasteiger charge is -2.21. The highest BCUT2D eigenvalue weighted by Crippen LogP contribution is 2.19. The summed E-state index contributed by atoms with van der Waals surface area (Å²) in [6.07, 6.45) is 1.26. The van der Waals surface area contributed by atoms with Gasteiger partial charge in [-0.3, -0.25) is 4.90 Å². The summed E-state index contributed by atoms with van der Waals surface area (Å²) in [5.74, 6) is 1.00. The zero-order chi connectivity index (χ0) is 12.1. The molecule has 0 spiro atoms. The van der Waals surface area contributed by atoms with Crippen LogP contribution in [-0.2, 0) is 6.54 Å². The lowest BCUT2D eigenvalue weighted by Crippen LogP contribution is -2.28. The number of ether oxygens (including phenoxy) is 1. The van der Waals surface area contributed by atoms with Crippen molar-refractivity contribution in [1.82, 2.24) is 9.80 Å². The van der Waals surface area contributed by atoms with Crippen LogP contribution in [0.1, 0.15) is 12.0 Å². The maximum Gasteiger partial charge on any atom is 0.123 e. The highest BCUT2D eigenvalue weighted by molar-refractivity contribution is 5.33. The van der Waals surface area contributed by atoms with E-state index in [0.717, 1.165) is 25.4 Å². The number of para-hydroxylation sites is 1. The first kappa shape index (κ1) is 12.4. The molecule has 0 aromatic heterocycles. The Morgan fingerprint density at radius 3 is 2.76 bits per heavy atom. The number of hydrogen-bond acceptors (Lipinski definition) is 3. The van der Waals surface area contributed by atoms with Crippen molar-refractivity contribution >= 4 is 0 Å². The van der Waals surface area contributed by atoms with Gasteiger partial charge in [0.05, 0.1) is 7.11 Å². The van der Waals surface area contributed by atoms with Gasteiger partial charge in [-0.25, -0.2) is 0 Å². The Balaban J connectivity index is 1.99. The Labute approximate surface area is 104 Å². The van der Waals surface area contributed by atoms with E-state index in [1.54, 1.807) is 7.11 Å². The third kappa shape index (κ3) is 3.45. The van der Waals surface area contributed by atoms with Gasteiger partial charge in [-0.2, -0.15) is 0 Å². The summed E-state index contributed by atoms with van der Waals surface area (Å²) in [6.45, 7) is 5.70. The minimum atomic E-state index is 0.998. The second kappa shape index (κ2) is 6.03. The maximum atomic E-state index is 5.40. The summed E-state index contributed by atoms with van der Waals surface area (Å²) < 4.78 is 5.40. The third-order valence-corrected chi connectivity index (χ3v) is 3.40. The average Bonchev–Trinajstić information content (AvgIpc) is 2.55. The van der Waals surface area contributed by atoms with Crippen molar-refractivity contribution in [2.24, 2.45) is 0 Å². The first-order valence-electron chi connectivity index (χ1n) is 6.32. The van der Waals surface area contributed by atoms with Gasteiger partial charge in [0.2, 0.25) is 0 Å². The van der Waals surface area contributed by atoms with Gasteiger partial charge in [-0.15, -0.1) is 0 Å². The average molecular weight is 234 g/mol. The lowest BCUT2D eigenvalue weighted by atomic mass is 10.2. The van der Waals surface area contributed by atoms with Crippen LogP contribution in [0.2, 0.25) is 0 Å². The highest BCUT2D eigenvalue weighted by Gasteiger charge is 2.13. The SMILES string of the molecule is COc1ccccc1CN1CCCN(C)CC1. The standard InChI is InChI=1S/C14H22N2O/c1-15-8-5-9-16(11-10-15)12-13-6-3-4-7-14(13)17-2/h3-4,6-7H,5,8-12H2,1-2H3. The highest BCUT2D eigenvalue weighted by atomic mass is 16.5. The minimum absolute atomic E-state index is 0.998. The van der Waals surface area contributed by atoms with Gasteiger partial charge in [0.1, 0.15) is 5.75 Å². The zero-order valence-electron chi connectivity index (χ0n) is 10.9. The van der Waals surface area contributed by atoms with Crippen LogP contribution >= 0.6 is 0 Å². The molecule has 1 aliphatic heterocycles. The van der Waals surface area contributed by atoms with Gasteiger partial charge in [0.15, 0.2) is 0 Å². The van der Waals surface area contributed by atoms with Gasteiger partial charge in [0.25, 0.3) is 0 Å². The molecular formula is C14H22N2O. The van der Waals surface area contributed by atoms with E-state index in [2.05, 4.69) is 29.0 Å². The van der Waals surface area contributed by atoms with E-state index in [1.807, 2.05) is 12.1 Å². The Morgan fingerprint density at radius 1 is 1.12 bits per heavy atom. The summed E-state index contributed by atoms with van der Waals surface area (Å²) in [5.41, 5.74) is 1.29. The van der Waals surface area contributed by atoms with Crippen LogP contribution in [0.15, 0.2) is 24.3 Å². The van der Waals surface area contributed by atoms with Crippen molar-refractivity contribution in [3.8, 4) is 5.75 Å². The fourth-order valence-corrected chi connectivity index (χ4v) is 2.33. The van der Waals surface area contributed by atoms with Gasteiger partial charge in [-0.05, 0) is 32.6 Å². The molecule has 2 rings (SSSR count). The van der Waals surface area contributed by atoms with Crippen LogP contribution < -0.4 is 4.74 Å². The molecule has 94 valence electrons. The molecule has 17 heavy (non-hydrogen) atoms. The minimum Gasteiger partial charge on any atom is -0.496 e. The van der Waals surface area contributed by atoms with Crippen molar-refractivity contribution in [1.29, 1.82) is 0 Å². The molecule has 1 aromatic carbocycles. The van der Waals surface area contributed by atoms with E-state index in [4.69, 9.17) is 4.74 Å². The Kier molecular flexibility index (Phi) is 4.40. The number of methoxy groups -OCH3 is 1. The molecule has 0 unspecified atom stereocenters. The summed E-state index contributed by atoms with van der Waals surface area (Å²) >= 11 is 0. The van der Waals surface area contributed by atoms with Crippen molar-refractivity contribution in [2.75, 3.05) is 40.3 Å². The van der Waals surface area contributed by atoms with Crippen molar-refractivity contribution in [3.05, 3.63) is 29.8 Å². The molecule has 0 aliphatic carbocycles. The van der Waals surface area contributed by atoms with E-state index in [1.165, 1.54) is 25.1 Å². The molecule has 0 bridgehead atoms. The number of rotatable bonds is 3. The quantitative estimate of drug-likeness (QED) is 0.793. The predicted molar refractivity (Wildman–Crippen MR) is 70.4 cm³/mol. The summed E-state index contributed by atoms with van der Waals surface area (Å²) in [4.78, 5) is 4.92. The van der Waals surface area contributed by atoms with Crippen molar-refractivity contribution in [3.63, 3.8) is 0 Å². The molecule has 0 saturated carbocycles. The van der Waals surface area contributed by atoms with Crippen LogP contribution in [0.3, 0.4) is 0 Å². The van der Waals surface area contributed by atoms with E-state index < -0.39 is 0 Å². The van der Waals surface area contributed by atoms with Crippen LogP contribution in [0.5, 0.6) is 5.75 Å². The summed E-state index contributed by atoms with van der Waals surface area (Å²) in [6, 6.07) is 8.31. The van der Waals surface area contributed by atoms with Crippen LogP contribution in [0.25, 0.3) is 0 Å². The van der Waals surface area contributed by atoms with Gasteiger partial charge in [0, 0.05) is 25.2 Å². The fourth-order valence-electron chi connectivity index (χ4n) is 2.33. The molecule has 1 heterocycles. The topological polar surface area (TPSA) is 15.7 Å². The molecule has 1 fully saturated rings. The summed E-state index contributed by atoms with van der Waals surface area (Å²) in [7, 11) is 3.95. The molecule has 0 atom stereocenters. The Hall–Kier alpha value is -1.06. The van der Waals surface area contributed by atoms with Crippen molar-refractivity contribution < 1.29 is 4.74 Å². The monoisotopic (exact) mass is 234 g/mol. The Bertz CT molecular complexity index is 354. The fraction of sp³-hybridized carbons (Fsp3) is 0.571. The molecule has 1 aliphatic rings. The summed E-state index contributed by atoms with van der Waals surface area (Å²) in [5, 5.41) is 0. The van der Waals surface area contributed by atoms with Crippen molar-refractivity contribution in [2.45, 2.75) is 13.0 Å². The second-order valence-corrected chi connectivity index (χ2v) is 4.74. The van der Waals surface area contributed by atoms with Crippen LogP contribution in [0.4, 0.5) is 0 Å². The molecular weight excluding hydrogens is 212 g/mol.